The summed E-state index contributed by atoms with van der Waals surface area (Å²) < 4.78 is 4.88. The van der Waals surface area contributed by atoms with Crippen LogP contribution in [0.25, 0.3) is 0 Å². The number of rotatable bonds is 7. The molecule has 0 saturated carbocycles. The van der Waals surface area contributed by atoms with Crippen molar-refractivity contribution in [1.29, 1.82) is 0 Å². The molecule has 0 aliphatic heterocycles. The monoisotopic (exact) mass is 291 g/mol. The van der Waals surface area contributed by atoms with Gasteiger partial charge in [0, 0.05) is 16.6 Å². The summed E-state index contributed by atoms with van der Waals surface area (Å²) in [6.45, 7) is 0.502. The molecule has 0 heterocycles. The van der Waals surface area contributed by atoms with E-state index in [9.17, 15) is 4.79 Å². The van der Waals surface area contributed by atoms with Crippen molar-refractivity contribution in [1.82, 2.24) is 5.32 Å². The van der Waals surface area contributed by atoms with E-state index in [-0.39, 0.29) is 25.7 Å². The molecule has 1 amide bonds. The summed E-state index contributed by atoms with van der Waals surface area (Å²) in [5.41, 5.74) is 0.928. The number of hydrogen-bond acceptors (Lipinski definition) is 3. The Kier molecular flexibility index (Phi) is 7.05. The van der Waals surface area contributed by atoms with Gasteiger partial charge in [0.25, 0.3) is 0 Å². The average Bonchev–Trinajstić information content (AvgIpc) is 2.32. The lowest BCUT2D eigenvalue weighted by Gasteiger charge is -2.07. The summed E-state index contributed by atoms with van der Waals surface area (Å²) in [4.78, 5) is 11.3. The largest absolute Gasteiger partial charge is 0.394 e. The van der Waals surface area contributed by atoms with Gasteiger partial charge < -0.3 is 15.2 Å². The fraction of sp³-hybridized carbons (Fsp3) is 0.417. The molecule has 0 aromatic heterocycles. The Morgan fingerprint density at radius 2 is 2.17 bits per heavy atom. The molecule has 0 atom stereocenters. The highest BCUT2D eigenvalue weighted by Crippen LogP contribution is 2.20. The Hall–Kier alpha value is -0.810. The van der Waals surface area contributed by atoms with Crippen molar-refractivity contribution in [2.45, 2.75) is 6.42 Å². The Labute approximate surface area is 116 Å². The molecule has 0 aliphatic carbocycles. The smallest absolute Gasteiger partial charge is 0.246 e. The number of hydrogen-bond donors (Lipinski definition) is 2. The summed E-state index contributed by atoms with van der Waals surface area (Å²) in [6.07, 6.45) is 0.627. The number of carbonyl (C=O) groups is 1. The molecule has 18 heavy (non-hydrogen) atoms. The third-order valence-electron chi connectivity index (χ3n) is 2.20. The second-order valence-electron chi connectivity index (χ2n) is 3.61. The van der Waals surface area contributed by atoms with Crippen molar-refractivity contribution in [2.24, 2.45) is 0 Å². The highest BCUT2D eigenvalue weighted by Gasteiger charge is 2.03. The molecule has 100 valence electrons. The minimum atomic E-state index is -0.214. The van der Waals surface area contributed by atoms with E-state index >= 15 is 0 Å². The summed E-state index contributed by atoms with van der Waals surface area (Å²) in [5.74, 6) is -0.214. The SMILES string of the molecule is O=C(COCCO)NCCc1ccc(Cl)cc1Cl. The molecule has 1 rings (SSSR count). The minimum absolute atomic E-state index is 0.0467. The lowest BCUT2D eigenvalue weighted by atomic mass is 10.1. The molecule has 0 unspecified atom stereocenters. The number of aliphatic hydroxyl groups excluding tert-OH is 1. The number of nitrogens with one attached hydrogen (secondary N) is 1. The van der Waals surface area contributed by atoms with Crippen LogP contribution in [0.4, 0.5) is 0 Å². The van der Waals surface area contributed by atoms with Gasteiger partial charge in [0.2, 0.25) is 5.91 Å². The summed E-state index contributed by atoms with van der Waals surface area (Å²) in [5, 5.41) is 12.3. The zero-order valence-electron chi connectivity index (χ0n) is 9.79. The van der Waals surface area contributed by atoms with Crippen LogP contribution in [0.3, 0.4) is 0 Å². The summed E-state index contributed by atoms with van der Waals surface area (Å²) in [6, 6.07) is 5.26. The number of ether oxygens (including phenoxy) is 1. The van der Waals surface area contributed by atoms with Crippen molar-refractivity contribution < 1.29 is 14.6 Å². The van der Waals surface area contributed by atoms with Crippen LogP contribution >= 0.6 is 23.2 Å². The molecular weight excluding hydrogens is 277 g/mol. The quantitative estimate of drug-likeness (QED) is 0.751. The number of amides is 1. The van der Waals surface area contributed by atoms with E-state index in [2.05, 4.69) is 5.32 Å². The lowest BCUT2D eigenvalue weighted by molar-refractivity contribution is -0.125. The van der Waals surface area contributed by atoms with Gasteiger partial charge in [0.1, 0.15) is 6.61 Å². The highest BCUT2D eigenvalue weighted by atomic mass is 35.5. The molecule has 6 heteroatoms. The first-order valence-electron chi connectivity index (χ1n) is 5.52. The van der Waals surface area contributed by atoms with Crippen molar-refractivity contribution >= 4 is 29.1 Å². The number of halogens is 2. The Morgan fingerprint density at radius 1 is 1.39 bits per heavy atom. The topological polar surface area (TPSA) is 58.6 Å². The van der Waals surface area contributed by atoms with Crippen LogP contribution in [0.2, 0.25) is 10.0 Å². The van der Waals surface area contributed by atoms with Gasteiger partial charge in [0.15, 0.2) is 0 Å². The number of carbonyl (C=O) groups excluding carboxylic acids is 1. The number of aliphatic hydroxyl groups is 1. The second kappa shape index (κ2) is 8.32. The first-order valence-corrected chi connectivity index (χ1v) is 6.28. The van der Waals surface area contributed by atoms with Crippen LogP contribution in [0, 0.1) is 0 Å². The maximum Gasteiger partial charge on any atom is 0.246 e. The van der Waals surface area contributed by atoms with Crippen LogP contribution in [-0.4, -0.2) is 37.4 Å². The standard InChI is InChI=1S/C12H15Cl2NO3/c13-10-2-1-9(11(14)7-10)3-4-15-12(17)8-18-6-5-16/h1-2,7,16H,3-6,8H2,(H,15,17). The van der Waals surface area contributed by atoms with Crippen molar-refractivity contribution in [3.8, 4) is 0 Å². The Balaban J connectivity index is 2.26. The normalized spacial score (nSPS) is 10.4. The van der Waals surface area contributed by atoms with E-state index in [4.69, 9.17) is 33.0 Å². The van der Waals surface area contributed by atoms with Crippen molar-refractivity contribution in [2.75, 3.05) is 26.4 Å². The van der Waals surface area contributed by atoms with Gasteiger partial charge in [-0.3, -0.25) is 4.79 Å². The van der Waals surface area contributed by atoms with Crippen LogP contribution in [0.1, 0.15) is 5.56 Å². The summed E-state index contributed by atoms with van der Waals surface area (Å²) in [7, 11) is 0. The number of benzene rings is 1. The molecule has 0 radical (unpaired) electrons. The van der Waals surface area contributed by atoms with Gasteiger partial charge in [-0.1, -0.05) is 29.3 Å². The van der Waals surface area contributed by atoms with Crippen LogP contribution < -0.4 is 5.32 Å². The van der Waals surface area contributed by atoms with Crippen LogP contribution in [0.5, 0.6) is 0 Å². The predicted molar refractivity (Wildman–Crippen MR) is 71.1 cm³/mol. The molecular formula is C12H15Cl2NO3. The van der Waals surface area contributed by atoms with Crippen LogP contribution in [0.15, 0.2) is 18.2 Å². The van der Waals surface area contributed by atoms with Gasteiger partial charge in [-0.15, -0.1) is 0 Å². The minimum Gasteiger partial charge on any atom is -0.394 e. The fourth-order valence-corrected chi connectivity index (χ4v) is 1.84. The highest BCUT2D eigenvalue weighted by molar-refractivity contribution is 6.35. The van der Waals surface area contributed by atoms with Gasteiger partial charge in [-0.2, -0.15) is 0 Å². The maximum atomic E-state index is 11.3. The predicted octanol–water partition coefficient (Wildman–Crippen LogP) is 1.66. The third kappa shape index (κ3) is 5.69. The van der Waals surface area contributed by atoms with Crippen molar-refractivity contribution in [3.05, 3.63) is 33.8 Å². The summed E-state index contributed by atoms with van der Waals surface area (Å²) >= 11 is 11.8. The molecule has 0 bridgehead atoms. The van der Waals surface area contributed by atoms with Gasteiger partial charge in [0.05, 0.1) is 13.2 Å². The van der Waals surface area contributed by atoms with Gasteiger partial charge >= 0.3 is 0 Å². The molecule has 0 fully saturated rings. The van der Waals surface area contributed by atoms with E-state index in [1.54, 1.807) is 12.1 Å². The van der Waals surface area contributed by atoms with E-state index in [0.29, 0.717) is 23.0 Å². The molecule has 0 saturated heterocycles. The average molecular weight is 292 g/mol. The maximum absolute atomic E-state index is 11.3. The zero-order chi connectivity index (χ0) is 13.4. The first kappa shape index (κ1) is 15.2. The van der Waals surface area contributed by atoms with E-state index in [1.807, 2.05) is 6.07 Å². The Bertz CT molecular complexity index is 399. The zero-order valence-corrected chi connectivity index (χ0v) is 11.3. The Morgan fingerprint density at radius 3 is 2.83 bits per heavy atom. The van der Waals surface area contributed by atoms with E-state index in [1.165, 1.54) is 0 Å². The molecule has 4 nitrogen and oxygen atoms in total. The molecule has 1 aromatic carbocycles. The third-order valence-corrected chi connectivity index (χ3v) is 2.79. The van der Waals surface area contributed by atoms with E-state index in [0.717, 1.165) is 5.56 Å². The second-order valence-corrected chi connectivity index (χ2v) is 4.46. The van der Waals surface area contributed by atoms with Crippen molar-refractivity contribution in [3.63, 3.8) is 0 Å². The van der Waals surface area contributed by atoms with Gasteiger partial charge in [-0.25, -0.2) is 0 Å². The molecule has 0 spiro atoms. The fourth-order valence-electron chi connectivity index (χ4n) is 1.34. The van der Waals surface area contributed by atoms with E-state index < -0.39 is 0 Å². The van der Waals surface area contributed by atoms with Crippen LogP contribution in [-0.2, 0) is 16.0 Å². The first-order chi connectivity index (χ1) is 8.63. The molecule has 0 aliphatic rings. The molecule has 1 aromatic rings. The molecule has 2 N–H and O–H groups in total. The lowest BCUT2D eigenvalue weighted by Crippen LogP contribution is -2.29. The van der Waals surface area contributed by atoms with Gasteiger partial charge in [-0.05, 0) is 24.1 Å².